The van der Waals surface area contributed by atoms with Gasteiger partial charge in [-0.3, -0.25) is 9.59 Å². The number of likely N-dealkylation sites (tertiary alicyclic amines) is 1. The molecule has 4 aliphatic rings. The number of ether oxygens (including phenoxy) is 3. The van der Waals surface area contributed by atoms with Crippen molar-refractivity contribution in [1.82, 2.24) is 4.90 Å². The zero-order valence-electron chi connectivity index (χ0n) is 20.4. The molecule has 0 unspecified atom stereocenters. The zero-order chi connectivity index (χ0) is 23.9. The average Bonchev–Trinajstić information content (AvgIpc) is 3.33. The summed E-state index contributed by atoms with van der Waals surface area (Å²) in [5.74, 6) is 1.61. The molecule has 1 N–H and O–H groups in total. The first kappa shape index (κ1) is 23.5. The van der Waals surface area contributed by atoms with E-state index in [1.165, 1.54) is 25.7 Å². The van der Waals surface area contributed by atoms with Crippen molar-refractivity contribution in [2.75, 3.05) is 26.8 Å². The maximum Gasteiger partial charge on any atom is 0.303 e. The Kier molecular flexibility index (Phi) is 6.25. The third-order valence-electron chi connectivity index (χ3n) is 8.72. The van der Waals surface area contributed by atoms with Gasteiger partial charge in [0.15, 0.2) is 0 Å². The number of methoxy groups -OCH3 is 1. The Morgan fingerprint density at radius 1 is 1.21 bits per heavy atom. The fourth-order valence-corrected chi connectivity index (χ4v) is 6.69. The van der Waals surface area contributed by atoms with Gasteiger partial charge in [-0.2, -0.15) is 0 Å². The molecule has 3 aliphatic heterocycles. The van der Waals surface area contributed by atoms with E-state index in [0.717, 1.165) is 37.4 Å². The number of benzene rings is 1. The standard InChI is InChI=1S/C27H37NO6/c1-26(12-11-24(30)31)21-14-27(15-28(16-27)23(29)10-7-18-5-3-4-6-18)17-33-25(21)20-9-8-19(32-2)13-22(20)34-26/h8-9,13,18,21,25H,3-7,10-12,14-17H2,1-2H3,(H,30,31)/t21-,25+,26-/m0/s1. The minimum atomic E-state index is -0.827. The number of nitrogens with zero attached hydrogens (tertiary/aromatic N) is 1. The first-order valence-corrected chi connectivity index (χ1v) is 12.8. The summed E-state index contributed by atoms with van der Waals surface area (Å²) in [6, 6.07) is 5.79. The third kappa shape index (κ3) is 4.39. The molecule has 7 nitrogen and oxygen atoms in total. The van der Waals surface area contributed by atoms with E-state index >= 15 is 0 Å². The molecule has 3 heterocycles. The molecule has 3 fully saturated rings. The number of carboxylic acids is 1. The van der Waals surface area contributed by atoms with Crippen molar-refractivity contribution in [2.24, 2.45) is 17.3 Å². The molecule has 0 bridgehead atoms. The van der Waals surface area contributed by atoms with Crippen LogP contribution in [0.3, 0.4) is 0 Å². The van der Waals surface area contributed by atoms with Gasteiger partial charge in [0, 0.05) is 48.9 Å². The van der Waals surface area contributed by atoms with Crippen LogP contribution in [0.4, 0.5) is 0 Å². The Bertz CT molecular complexity index is 935. The molecule has 5 rings (SSSR count). The van der Waals surface area contributed by atoms with Crippen LogP contribution in [0.5, 0.6) is 11.5 Å². The van der Waals surface area contributed by atoms with Crippen LogP contribution in [-0.2, 0) is 14.3 Å². The highest BCUT2D eigenvalue weighted by atomic mass is 16.5. The van der Waals surface area contributed by atoms with Gasteiger partial charge in [-0.15, -0.1) is 0 Å². The molecule has 34 heavy (non-hydrogen) atoms. The zero-order valence-corrected chi connectivity index (χ0v) is 20.4. The lowest BCUT2D eigenvalue weighted by molar-refractivity contribution is -0.206. The van der Waals surface area contributed by atoms with E-state index in [1.54, 1.807) is 7.11 Å². The largest absolute Gasteiger partial charge is 0.497 e. The van der Waals surface area contributed by atoms with E-state index in [0.29, 0.717) is 30.9 Å². The van der Waals surface area contributed by atoms with Gasteiger partial charge in [0.2, 0.25) is 5.91 Å². The molecule has 2 saturated heterocycles. The van der Waals surface area contributed by atoms with Gasteiger partial charge in [0.1, 0.15) is 17.1 Å². The molecule has 1 saturated carbocycles. The van der Waals surface area contributed by atoms with Crippen LogP contribution >= 0.6 is 0 Å². The van der Waals surface area contributed by atoms with Crippen molar-refractivity contribution in [3.05, 3.63) is 23.8 Å². The topological polar surface area (TPSA) is 85.3 Å². The molecule has 0 aromatic heterocycles. The molecule has 1 aromatic rings. The van der Waals surface area contributed by atoms with E-state index in [9.17, 15) is 14.7 Å². The lowest BCUT2D eigenvalue weighted by Gasteiger charge is -2.59. The van der Waals surface area contributed by atoms with Crippen LogP contribution in [0.2, 0.25) is 0 Å². The molecule has 1 spiro atoms. The molecule has 0 radical (unpaired) electrons. The molecular formula is C27H37NO6. The summed E-state index contributed by atoms with van der Waals surface area (Å²) in [6.07, 6.45) is 8.01. The van der Waals surface area contributed by atoms with E-state index in [2.05, 4.69) is 0 Å². The van der Waals surface area contributed by atoms with Crippen LogP contribution in [0.25, 0.3) is 0 Å². The number of carboxylic acid groups (broad SMARTS) is 1. The molecule has 3 atom stereocenters. The number of amides is 1. The molecule has 1 aromatic carbocycles. The number of carbonyl (C=O) groups is 2. The second-order valence-corrected chi connectivity index (χ2v) is 11.2. The van der Waals surface area contributed by atoms with Crippen LogP contribution in [0.1, 0.15) is 76.4 Å². The van der Waals surface area contributed by atoms with Crippen LogP contribution in [0.15, 0.2) is 18.2 Å². The van der Waals surface area contributed by atoms with Gasteiger partial charge in [-0.05, 0) is 44.2 Å². The van der Waals surface area contributed by atoms with Crippen molar-refractivity contribution in [3.8, 4) is 11.5 Å². The van der Waals surface area contributed by atoms with E-state index < -0.39 is 11.6 Å². The predicted octanol–water partition coefficient (Wildman–Crippen LogP) is 4.59. The number of hydrogen-bond acceptors (Lipinski definition) is 5. The predicted molar refractivity (Wildman–Crippen MR) is 126 cm³/mol. The molecule has 7 heteroatoms. The van der Waals surface area contributed by atoms with Crippen LogP contribution in [0, 0.1) is 17.3 Å². The summed E-state index contributed by atoms with van der Waals surface area (Å²) in [4.78, 5) is 26.2. The summed E-state index contributed by atoms with van der Waals surface area (Å²) in [6.45, 7) is 4.08. The second-order valence-electron chi connectivity index (χ2n) is 11.2. The highest BCUT2D eigenvalue weighted by Crippen LogP contribution is 2.56. The van der Waals surface area contributed by atoms with Gasteiger partial charge in [0.05, 0.1) is 19.8 Å². The molecule has 186 valence electrons. The number of carbonyl (C=O) groups excluding carboxylic acids is 1. The van der Waals surface area contributed by atoms with Gasteiger partial charge >= 0.3 is 5.97 Å². The van der Waals surface area contributed by atoms with Crippen molar-refractivity contribution >= 4 is 11.9 Å². The lowest BCUT2D eigenvalue weighted by atomic mass is 9.63. The molecule has 1 amide bonds. The van der Waals surface area contributed by atoms with Crippen molar-refractivity contribution < 1.29 is 28.9 Å². The van der Waals surface area contributed by atoms with Crippen molar-refractivity contribution in [1.29, 1.82) is 0 Å². The Labute approximate surface area is 201 Å². The Morgan fingerprint density at radius 3 is 2.68 bits per heavy atom. The summed E-state index contributed by atoms with van der Waals surface area (Å²) < 4.78 is 18.4. The van der Waals surface area contributed by atoms with Crippen LogP contribution in [-0.4, -0.2) is 54.3 Å². The third-order valence-corrected chi connectivity index (χ3v) is 8.72. The Morgan fingerprint density at radius 2 is 1.97 bits per heavy atom. The van der Waals surface area contributed by atoms with E-state index in [-0.39, 0.29) is 29.8 Å². The highest BCUT2D eigenvalue weighted by molar-refractivity contribution is 5.77. The first-order chi connectivity index (χ1) is 16.3. The molecule has 1 aliphatic carbocycles. The van der Waals surface area contributed by atoms with E-state index in [1.807, 2.05) is 30.0 Å². The average molecular weight is 472 g/mol. The number of aliphatic carboxylic acids is 1. The van der Waals surface area contributed by atoms with Gasteiger partial charge < -0.3 is 24.2 Å². The summed E-state index contributed by atoms with van der Waals surface area (Å²) >= 11 is 0. The van der Waals surface area contributed by atoms with Crippen molar-refractivity contribution in [2.45, 2.75) is 76.4 Å². The fraction of sp³-hybridized carbons (Fsp3) is 0.704. The highest BCUT2D eigenvalue weighted by Gasteiger charge is 2.57. The summed E-state index contributed by atoms with van der Waals surface area (Å²) in [5.41, 5.74) is 0.266. The minimum Gasteiger partial charge on any atom is -0.497 e. The maximum absolute atomic E-state index is 12.8. The number of hydrogen-bond donors (Lipinski definition) is 1. The SMILES string of the molecule is COc1ccc2c(c1)O[C@@](C)(CCC(=O)O)[C@H]1CC3(CO[C@H]21)CN(C(=O)CCC1CCCC1)C3. The monoisotopic (exact) mass is 471 g/mol. The smallest absolute Gasteiger partial charge is 0.303 e. The lowest BCUT2D eigenvalue weighted by Crippen LogP contribution is -2.65. The van der Waals surface area contributed by atoms with E-state index in [4.69, 9.17) is 14.2 Å². The Balaban J connectivity index is 1.29. The molecular weight excluding hydrogens is 434 g/mol. The summed E-state index contributed by atoms with van der Waals surface area (Å²) in [5, 5.41) is 9.37. The van der Waals surface area contributed by atoms with Gasteiger partial charge in [-0.1, -0.05) is 25.7 Å². The maximum atomic E-state index is 12.8. The van der Waals surface area contributed by atoms with Gasteiger partial charge in [0.25, 0.3) is 0 Å². The number of fused-ring (bicyclic) bond motifs is 3. The minimum absolute atomic E-state index is 0.0252. The normalized spacial score (nSPS) is 29.6. The van der Waals surface area contributed by atoms with Gasteiger partial charge in [-0.25, -0.2) is 0 Å². The first-order valence-electron chi connectivity index (χ1n) is 12.8. The second kappa shape index (κ2) is 9.06. The Hall–Kier alpha value is -2.28. The fourth-order valence-electron chi connectivity index (χ4n) is 6.69. The quantitative estimate of drug-likeness (QED) is 0.626. The number of rotatable bonds is 7. The van der Waals surface area contributed by atoms with Crippen molar-refractivity contribution in [3.63, 3.8) is 0 Å². The summed E-state index contributed by atoms with van der Waals surface area (Å²) in [7, 11) is 1.62. The van der Waals surface area contributed by atoms with Crippen LogP contribution < -0.4 is 9.47 Å².